The molecule has 2 aromatic rings. The number of nitrogens with zero attached hydrogens (tertiary/aromatic N) is 2. The van der Waals surface area contributed by atoms with E-state index < -0.39 is 5.97 Å². The SMILES string of the molecule is Cc1noc(C)c1COc1cncc(C(=O)O)c1. The van der Waals surface area contributed by atoms with Crippen LogP contribution in [0, 0.1) is 13.8 Å². The molecule has 1 N–H and O–H groups in total. The highest BCUT2D eigenvalue weighted by molar-refractivity contribution is 5.87. The molecule has 0 saturated carbocycles. The van der Waals surface area contributed by atoms with Crippen LogP contribution < -0.4 is 4.74 Å². The van der Waals surface area contributed by atoms with E-state index >= 15 is 0 Å². The van der Waals surface area contributed by atoms with Gasteiger partial charge in [-0.05, 0) is 19.9 Å². The van der Waals surface area contributed by atoms with Crippen LogP contribution in [0.4, 0.5) is 0 Å². The molecule has 6 heteroatoms. The fraction of sp³-hybridized carbons (Fsp3) is 0.250. The molecule has 0 fully saturated rings. The zero-order chi connectivity index (χ0) is 13.1. The molecule has 0 aromatic carbocycles. The molecule has 0 atom stereocenters. The Bertz CT molecular complexity index is 558. The van der Waals surface area contributed by atoms with Crippen molar-refractivity contribution in [1.82, 2.24) is 10.1 Å². The number of hydrogen-bond acceptors (Lipinski definition) is 5. The lowest BCUT2D eigenvalue weighted by Crippen LogP contribution is -2.01. The first kappa shape index (κ1) is 12.1. The first-order valence-electron chi connectivity index (χ1n) is 5.31. The number of rotatable bonds is 4. The van der Waals surface area contributed by atoms with Crippen LogP contribution in [0.3, 0.4) is 0 Å². The summed E-state index contributed by atoms with van der Waals surface area (Å²) < 4.78 is 10.5. The second-order valence-electron chi connectivity index (χ2n) is 3.81. The van der Waals surface area contributed by atoms with Gasteiger partial charge in [0.15, 0.2) is 0 Å². The summed E-state index contributed by atoms with van der Waals surface area (Å²) in [6.07, 6.45) is 2.73. The van der Waals surface area contributed by atoms with Gasteiger partial charge in [-0.1, -0.05) is 5.16 Å². The topological polar surface area (TPSA) is 85.5 Å². The van der Waals surface area contributed by atoms with Gasteiger partial charge in [-0.25, -0.2) is 4.79 Å². The molecule has 2 rings (SSSR count). The zero-order valence-electron chi connectivity index (χ0n) is 10.0. The van der Waals surface area contributed by atoms with Crippen LogP contribution in [0.2, 0.25) is 0 Å². The maximum Gasteiger partial charge on any atom is 0.337 e. The molecule has 0 bridgehead atoms. The number of carboxylic acids is 1. The maximum atomic E-state index is 10.8. The molecule has 2 heterocycles. The van der Waals surface area contributed by atoms with Gasteiger partial charge < -0.3 is 14.4 Å². The summed E-state index contributed by atoms with van der Waals surface area (Å²) in [6, 6.07) is 1.42. The Morgan fingerprint density at radius 3 is 2.83 bits per heavy atom. The number of carboxylic acid groups (broad SMARTS) is 1. The Morgan fingerprint density at radius 1 is 1.44 bits per heavy atom. The number of aromatic nitrogens is 2. The third kappa shape index (κ3) is 2.48. The molecule has 0 radical (unpaired) electrons. The monoisotopic (exact) mass is 248 g/mol. The molecular formula is C12H12N2O4. The van der Waals surface area contributed by atoms with Crippen molar-refractivity contribution in [1.29, 1.82) is 0 Å². The summed E-state index contributed by atoms with van der Waals surface area (Å²) in [5.41, 5.74) is 1.71. The lowest BCUT2D eigenvalue weighted by molar-refractivity contribution is 0.0696. The smallest absolute Gasteiger partial charge is 0.337 e. The van der Waals surface area contributed by atoms with Gasteiger partial charge in [-0.2, -0.15) is 0 Å². The predicted molar refractivity (Wildman–Crippen MR) is 61.5 cm³/mol. The molecule has 6 nitrogen and oxygen atoms in total. The molecule has 0 spiro atoms. The summed E-state index contributed by atoms with van der Waals surface area (Å²) >= 11 is 0. The first-order valence-corrected chi connectivity index (χ1v) is 5.31. The molecule has 0 unspecified atom stereocenters. The number of pyridine rings is 1. The third-order valence-corrected chi connectivity index (χ3v) is 2.52. The highest BCUT2D eigenvalue weighted by Crippen LogP contribution is 2.17. The van der Waals surface area contributed by atoms with Crippen LogP contribution >= 0.6 is 0 Å². The van der Waals surface area contributed by atoms with Crippen LogP contribution in [0.5, 0.6) is 5.75 Å². The van der Waals surface area contributed by atoms with E-state index in [1.54, 1.807) is 6.92 Å². The van der Waals surface area contributed by atoms with E-state index in [9.17, 15) is 4.79 Å². The summed E-state index contributed by atoms with van der Waals surface area (Å²) in [4.78, 5) is 14.6. The molecular weight excluding hydrogens is 236 g/mol. The van der Waals surface area contributed by atoms with E-state index in [1.807, 2.05) is 6.92 Å². The van der Waals surface area contributed by atoms with Crippen LogP contribution in [0.25, 0.3) is 0 Å². The molecule has 2 aromatic heterocycles. The summed E-state index contributed by atoms with van der Waals surface area (Å²) in [7, 11) is 0. The molecule has 0 saturated heterocycles. The van der Waals surface area contributed by atoms with Gasteiger partial charge in [0, 0.05) is 6.20 Å². The minimum Gasteiger partial charge on any atom is -0.487 e. The second kappa shape index (κ2) is 4.87. The molecule has 18 heavy (non-hydrogen) atoms. The fourth-order valence-electron chi connectivity index (χ4n) is 1.48. The highest BCUT2D eigenvalue weighted by Gasteiger charge is 2.10. The van der Waals surface area contributed by atoms with Gasteiger partial charge in [-0.3, -0.25) is 4.98 Å². The van der Waals surface area contributed by atoms with Crippen LogP contribution in [0.1, 0.15) is 27.4 Å². The van der Waals surface area contributed by atoms with E-state index in [0.29, 0.717) is 11.5 Å². The average Bonchev–Trinajstić information content (AvgIpc) is 2.67. The van der Waals surface area contributed by atoms with Crippen molar-refractivity contribution in [3.05, 3.63) is 41.0 Å². The van der Waals surface area contributed by atoms with Crippen LogP contribution in [0.15, 0.2) is 23.0 Å². The lowest BCUT2D eigenvalue weighted by atomic mass is 10.2. The third-order valence-electron chi connectivity index (χ3n) is 2.52. The zero-order valence-corrected chi connectivity index (χ0v) is 10.0. The van der Waals surface area contributed by atoms with Crippen molar-refractivity contribution in [2.24, 2.45) is 0 Å². The number of ether oxygens (including phenoxy) is 1. The fourth-order valence-corrected chi connectivity index (χ4v) is 1.48. The Hall–Kier alpha value is -2.37. The summed E-state index contributed by atoms with van der Waals surface area (Å²) in [5, 5.41) is 12.6. The van der Waals surface area contributed by atoms with Crippen molar-refractivity contribution in [2.45, 2.75) is 20.5 Å². The minimum atomic E-state index is -1.04. The first-order chi connectivity index (χ1) is 8.58. The van der Waals surface area contributed by atoms with Gasteiger partial charge in [0.2, 0.25) is 0 Å². The van der Waals surface area contributed by atoms with Crippen molar-refractivity contribution >= 4 is 5.97 Å². The normalized spacial score (nSPS) is 10.3. The highest BCUT2D eigenvalue weighted by atomic mass is 16.5. The number of hydrogen-bond donors (Lipinski definition) is 1. The largest absolute Gasteiger partial charge is 0.487 e. The van der Waals surface area contributed by atoms with E-state index in [-0.39, 0.29) is 12.2 Å². The van der Waals surface area contributed by atoms with Gasteiger partial charge in [-0.15, -0.1) is 0 Å². The lowest BCUT2D eigenvalue weighted by Gasteiger charge is -2.05. The second-order valence-corrected chi connectivity index (χ2v) is 3.81. The van der Waals surface area contributed by atoms with Crippen LogP contribution in [-0.4, -0.2) is 21.2 Å². The van der Waals surface area contributed by atoms with Gasteiger partial charge in [0.05, 0.1) is 23.0 Å². The standard InChI is InChI=1S/C12H12N2O4/c1-7-11(8(2)18-14-7)6-17-10-3-9(12(15)16)4-13-5-10/h3-5H,6H2,1-2H3,(H,15,16). The Balaban J connectivity index is 2.11. The van der Waals surface area contributed by atoms with E-state index in [1.165, 1.54) is 18.5 Å². The van der Waals surface area contributed by atoms with Crippen molar-refractivity contribution < 1.29 is 19.2 Å². The van der Waals surface area contributed by atoms with E-state index in [2.05, 4.69) is 10.1 Å². The predicted octanol–water partition coefficient (Wildman–Crippen LogP) is 1.96. The van der Waals surface area contributed by atoms with E-state index in [4.69, 9.17) is 14.4 Å². The van der Waals surface area contributed by atoms with Crippen molar-refractivity contribution in [3.63, 3.8) is 0 Å². The number of aryl methyl sites for hydroxylation is 2. The maximum absolute atomic E-state index is 10.8. The quantitative estimate of drug-likeness (QED) is 0.890. The molecule has 0 amide bonds. The number of aromatic carboxylic acids is 1. The Kier molecular flexibility index (Phi) is 3.27. The van der Waals surface area contributed by atoms with Crippen LogP contribution in [-0.2, 0) is 6.61 Å². The Morgan fingerprint density at radius 2 is 2.22 bits per heavy atom. The van der Waals surface area contributed by atoms with Crippen molar-refractivity contribution in [2.75, 3.05) is 0 Å². The number of carbonyl (C=O) groups is 1. The average molecular weight is 248 g/mol. The molecule has 0 aliphatic heterocycles. The van der Waals surface area contributed by atoms with E-state index in [0.717, 1.165) is 11.3 Å². The molecule has 94 valence electrons. The van der Waals surface area contributed by atoms with Crippen molar-refractivity contribution in [3.8, 4) is 5.75 Å². The van der Waals surface area contributed by atoms with Gasteiger partial charge in [0.25, 0.3) is 0 Å². The molecule has 0 aliphatic rings. The Labute approximate surface area is 103 Å². The summed E-state index contributed by atoms with van der Waals surface area (Å²) in [5.74, 6) is 0.0510. The van der Waals surface area contributed by atoms with Gasteiger partial charge in [0.1, 0.15) is 18.1 Å². The summed E-state index contributed by atoms with van der Waals surface area (Å²) in [6.45, 7) is 3.89. The van der Waals surface area contributed by atoms with Gasteiger partial charge >= 0.3 is 5.97 Å². The minimum absolute atomic E-state index is 0.0891. The molecule has 0 aliphatic carbocycles.